The first kappa shape index (κ1) is 24.3. The van der Waals surface area contributed by atoms with Crippen LogP contribution in [0.25, 0.3) is 0 Å². The Balaban J connectivity index is 1.34. The minimum Gasteiger partial charge on any atom is -0.481 e. The molecule has 192 valence electrons. The van der Waals surface area contributed by atoms with Crippen LogP contribution < -0.4 is 15.4 Å². The number of nitrogens with zero attached hydrogens (tertiary/aromatic N) is 5. The number of aromatic nitrogens is 5. The molecule has 3 atom stereocenters. The van der Waals surface area contributed by atoms with E-state index < -0.39 is 15.8 Å². The van der Waals surface area contributed by atoms with Crippen molar-refractivity contribution in [1.29, 1.82) is 0 Å². The van der Waals surface area contributed by atoms with Gasteiger partial charge in [-0.15, -0.1) is 0 Å². The molecule has 0 aromatic carbocycles. The number of rotatable bonds is 8. The number of aliphatic hydroxyl groups excluding tert-OH is 1. The fourth-order valence-electron chi connectivity index (χ4n) is 4.98. The van der Waals surface area contributed by atoms with E-state index in [1.807, 2.05) is 0 Å². The van der Waals surface area contributed by atoms with Crippen LogP contribution in [0.1, 0.15) is 37.8 Å². The lowest BCUT2D eigenvalue weighted by Gasteiger charge is -2.47. The molecule has 5 rings (SSSR count). The summed E-state index contributed by atoms with van der Waals surface area (Å²) in [7, 11) is -2.37. The summed E-state index contributed by atoms with van der Waals surface area (Å²) in [6.45, 7) is -0.166. The number of anilines is 3. The van der Waals surface area contributed by atoms with Gasteiger partial charge in [0.25, 0.3) is 0 Å². The van der Waals surface area contributed by atoms with E-state index in [4.69, 9.17) is 4.74 Å². The molecule has 12 nitrogen and oxygen atoms in total. The van der Waals surface area contributed by atoms with Crippen molar-refractivity contribution in [2.75, 3.05) is 17.7 Å². The Hall–Kier alpha value is -3.36. The van der Waals surface area contributed by atoms with Crippen LogP contribution in [0.3, 0.4) is 0 Å². The van der Waals surface area contributed by atoms with Crippen molar-refractivity contribution in [1.82, 2.24) is 29.5 Å². The van der Waals surface area contributed by atoms with Gasteiger partial charge in [0.2, 0.25) is 21.9 Å². The van der Waals surface area contributed by atoms with Crippen LogP contribution in [0, 0.1) is 5.82 Å². The highest BCUT2D eigenvalue weighted by Gasteiger charge is 2.45. The number of nitrogens with one attached hydrogen (secondary N) is 3. The third-order valence-corrected chi connectivity index (χ3v) is 8.44. The van der Waals surface area contributed by atoms with E-state index in [-0.39, 0.29) is 29.6 Å². The zero-order valence-electron chi connectivity index (χ0n) is 19.6. The molecule has 2 saturated heterocycles. The molecule has 0 spiro atoms. The molecule has 0 aliphatic carbocycles. The number of pyridine rings is 1. The molecule has 2 bridgehead atoms. The molecule has 1 unspecified atom stereocenters. The maximum Gasteiger partial charge on any atom is 0.245 e. The summed E-state index contributed by atoms with van der Waals surface area (Å²) in [5, 5.41) is 22.4. The molecular weight excluding hydrogens is 491 g/mol. The molecule has 3 aromatic heterocycles. The molecule has 0 saturated carbocycles. The summed E-state index contributed by atoms with van der Waals surface area (Å²) in [5.41, 5.74) is 0.555. The van der Waals surface area contributed by atoms with Crippen molar-refractivity contribution in [3.8, 4) is 5.88 Å². The minimum atomic E-state index is -3.88. The maximum atomic E-state index is 13.7. The third-order valence-electron chi connectivity index (χ3n) is 6.47. The number of aliphatic hydroxyl groups is 1. The molecule has 2 fully saturated rings. The van der Waals surface area contributed by atoms with Crippen LogP contribution in [0.15, 0.2) is 35.5 Å². The highest BCUT2D eigenvalue weighted by molar-refractivity contribution is 7.89. The summed E-state index contributed by atoms with van der Waals surface area (Å²) < 4.78 is 47.3. The van der Waals surface area contributed by atoms with Crippen molar-refractivity contribution in [3.05, 3.63) is 42.1 Å². The van der Waals surface area contributed by atoms with Crippen molar-refractivity contribution in [2.45, 2.75) is 61.7 Å². The monoisotopic (exact) mass is 518 g/mol. The molecule has 0 amide bonds. The molecule has 2 aliphatic heterocycles. The second-order valence-corrected chi connectivity index (χ2v) is 10.7. The SMILES string of the molecule is COc1cc(Nc2cc(CO)[nH]n2)nc(NC2C[C@H]3CCC[C@@H](C2)N3S(=O)(=O)c2cncc(F)c2)n1. The molecule has 5 heterocycles. The van der Waals surface area contributed by atoms with Gasteiger partial charge in [-0.2, -0.15) is 19.4 Å². The normalized spacial score (nSPS) is 22.2. The Bertz CT molecular complexity index is 1320. The van der Waals surface area contributed by atoms with Gasteiger partial charge in [0, 0.05) is 36.5 Å². The fraction of sp³-hybridized carbons (Fsp3) is 0.455. The zero-order chi connectivity index (χ0) is 25.3. The lowest BCUT2D eigenvalue weighted by Crippen LogP contribution is -2.57. The van der Waals surface area contributed by atoms with E-state index in [2.05, 4.69) is 35.8 Å². The van der Waals surface area contributed by atoms with Gasteiger partial charge in [0.15, 0.2) is 5.82 Å². The lowest BCUT2D eigenvalue weighted by atomic mass is 9.84. The van der Waals surface area contributed by atoms with Crippen LogP contribution in [0.5, 0.6) is 5.88 Å². The first-order valence-corrected chi connectivity index (χ1v) is 13.1. The van der Waals surface area contributed by atoms with Crippen LogP contribution in [-0.2, 0) is 16.6 Å². The van der Waals surface area contributed by atoms with Crippen LogP contribution in [0.4, 0.5) is 22.0 Å². The smallest absolute Gasteiger partial charge is 0.245 e. The Morgan fingerprint density at radius 1 is 1.17 bits per heavy atom. The van der Waals surface area contributed by atoms with Gasteiger partial charge in [0.05, 0.1) is 25.6 Å². The summed E-state index contributed by atoms with van der Waals surface area (Å²) in [6.07, 6.45) is 5.66. The molecule has 14 heteroatoms. The fourth-order valence-corrected chi connectivity index (χ4v) is 6.85. The Kier molecular flexibility index (Phi) is 6.73. The Morgan fingerprint density at radius 2 is 1.94 bits per heavy atom. The van der Waals surface area contributed by atoms with Crippen molar-refractivity contribution >= 4 is 27.6 Å². The van der Waals surface area contributed by atoms with Crippen molar-refractivity contribution in [3.63, 3.8) is 0 Å². The summed E-state index contributed by atoms with van der Waals surface area (Å²) >= 11 is 0. The van der Waals surface area contributed by atoms with Crippen LogP contribution >= 0.6 is 0 Å². The van der Waals surface area contributed by atoms with Gasteiger partial charge in [-0.05, 0) is 31.7 Å². The molecule has 2 aliphatic rings. The number of methoxy groups -OCH3 is 1. The standard InChI is InChI=1S/C22H27FN8O4S/c1-35-21-9-19(26-20-8-15(12-32)29-30-20)27-22(28-21)25-14-6-16-3-2-4-17(7-14)31(16)36(33,34)18-5-13(23)10-24-11-18/h5,8-11,14,16-17,32H,2-4,6-7,12H2,1H3,(H3,25,26,27,28,29,30)/t14?,16-,17+. The van der Waals surface area contributed by atoms with Gasteiger partial charge in [-0.1, -0.05) is 6.42 Å². The maximum absolute atomic E-state index is 13.7. The number of sulfonamides is 1. The topological polar surface area (TPSA) is 158 Å². The summed E-state index contributed by atoms with van der Waals surface area (Å²) in [5.74, 6) is 0.916. The number of piperidine rings is 2. The van der Waals surface area contributed by atoms with Crippen LogP contribution in [0.2, 0.25) is 0 Å². The predicted octanol–water partition coefficient (Wildman–Crippen LogP) is 2.16. The number of hydrogen-bond acceptors (Lipinski definition) is 10. The number of hydrogen-bond donors (Lipinski definition) is 4. The first-order valence-electron chi connectivity index (χ1n) is 11.6. The number of H-pyrrole nitrogens is 1. The number of halogens is 1. The molecule has 4 N–H and O–H groups in total. The molecule has 0 radical (unpaired) electrons. The van der Waals surface area contributed by atoms with E-state index in [1.165, 1.54) is 13.3 Å². The lowest BCUT2D eigenvalue weighted by molar-refractivity contribution is 0.115. The largest absolute Gasteiger partial charge is 0.481 e. The molecule has 36 heavy (non-hydrogen) atoms. The van der Waals surface area contributed by atoms with Crippen LogP contribution in [-0.4, -0.2) is 68.2 Å². The molecular formula is C22H27FN8O4S. The second-order valence-electron chi connectivity index (χ2n) is 8.91. The van der Waals surface area contributed by atoms with Crippen molar-refractivity contribution in [2.24, 2.45) is 0 Å². The highest BCUT2D eigenvalue weighted by Crippen LogP contribution is 2.39. The van der Waals surface area contributed by atoms with Crippen molar-refractivity contribution < 1.29 is 22.7 Å². The average Bonchev–Trinajstić information content (AvgIpc) is 3.30. The van der Waals surface area contributed by atoms with E-state index in [9.17, 15) is 17.9 Å². The van der Waals surface area contributed by atoms with Gasteiger partial charge in [0.1, 0.15) is 16.5 Å². The van der Waals surface area contributed by atoms with Gasteiger partial charge < -0.3 is 20.5 Å². The number of ether oxygens (including phenoxy) is 1. The summed E-state index contributed by atoms with van der Waals surface area (Å²) in [4.78, 5) is 12.5. The van der Waals surface area contributed by atoms with Gasteiger partial charge in [-0.3, -0.25) is 10.1 Å². The Morgan fingerprint density at radius 3 is 2.61 bits per heavy atom. The molecule has 3 aromatic rings. The number of fused-ring (bicyclic) bond motifs is 2. The van der Waals surface area contributed by atoms with E-state index in [0.717, 1.165) is 31.5 Å². The Labute approximate surface area is 207 Å². The van der Waals surface area contributed by atoms with E-state index in [0.29, 0.717) is 42.0 Å². The average molecular weight is 519 g/mol. The van der Waals surface area contributed by atoms with Gasteiger partial charge in [-0.25, -0.2) is 12.8 Å². The highest BCUT2D eigenvalue weighted by atomic mass is 32.2. The van der Waals surface area contributed by atoms with E-state index >= 15 is 0 Å². The quantitative estimate of drug-likeness (QED) is 0.348. The summed E-state index contributed by atoms with van der Waals surface area (Å²) in [6, 6.07) is 3.77. The third kappa shape index (κ3) is 4.96. The number of aromatic amines is 1. The first-order chi connectivity index (χ1) is 17.4. The van der Waals surface area contributed by atoms with E-state index in [1.54, 1.807) is 16.4 Å². The predicted molar refractivity (Wildman–Crippen MR) is 128 cm³/mol. The van der Waals surface area contributed by atoms with Gasteiger partial charge >= 0.3 is 0 Å². The minimum absolute atomic E-state index is 0.0660. The second kappa shape index (κ2) is 9.95. The zero-order valence-corrected chi connectivity index (χ0v) is 20.4.